The van der Waals surface area contributed by atoms with Gasteiger partial charge in [-0.05, 0) is 71.1 Å². The van der Waals surface area contributed by atoms with Crippen molar-refractivity contribution < 1.29 is 19.4 Å². The maximum Gasteiger partial charge on any atom is 0.336 e. The quantitative estimate of drug-likeness (QED) is 0.207. The van der Waals surface area contributed by atoms with Crippen LogP contribution < -0.4 is 10.1 Å². The number of carboxylic acids is 1. The second-order valence-electron chi connectivity index (χ2n) is 9.21. The van der Waals surface area contributed by atoms with E-state index in [4.69, 9.17) is 4.74 Å². The molecule has 3 aromatic carbocycles. The van der Waals surface area contributed by atoms with Gasteiger partial charge in [0.05, 0.1) is 30.9 Å². The number of carbonyl (C=O) groups excluding carboxylic acids is 1. The molecule has 4 N–H and O–H groups in total. The summed E-state index contributed by atoms with van der Waals surface area (Å²) < 4.78 is 5.28. The Kier molecular flexibility index (Phi) is 7.29. The van der Waals surface area contributed by atoms with E-state index in [9.17, 15) is 20.0 Å². The third kappa shape index (κ3) is 5.00. The Morgan fingerprint density at radius 3 is 2.65 bits per heavy atom. The molecule has 0 aliphatic heterocycles. The molecule has 2 aromatic heterocycles. The van der Waals surface area contributed by atoms with Crippen molar-refractivity contribution in [1.82, 2.24) is 25.5 Å². The van der Waals surface area contributed by atoms with Gasteiger partial charge in [-0.15, -0.1) is 0 Å². The fourth-order valence-corrected chi connectivity index (χ4v) is 4.99. The van der Waals surface area contributed by atoms with Crippen molar-refractivity contribution in [2.45, 2.75) is 25.8 Å². The van der Waals surface area contributed by atoms with Crippen LogP contribution in [0.3, 0.4) is 0 Å². The molecule has 0 aliphatic carbocycles. The number of aromatic nitrogens is 4. The normalized spacial score (nSPS) is 11.6. The second kappa shape index (κ2) is 11.1. The van der Waals surface area contributed by atoms with Crippen molar-refractivity contribution in [3.8, 4) is 22.9 Å². The number of nitrogens with zero attached hydrogens (tertiary/aromatic N) is 3. The summed E-state index contributed by atoms with van der Waals surface area (Å²) in [6.07, 6.45) is 3.99. The number of hydrogen-bond acceptors (Lipinski definition) is 6. The van der Waals surface area contributed by atoms with Crippen LogP contribution in [0.15, 0.2) is 67.1 Å². The Morgan fingerprint density at radius 1 is 1.10 bits per heavy atom. The first kappa shape index (κ1) is 26.2. The van der Waals surface area contributed by atoms with Crippen LogP contribution in [0, 0.1) is 11.3 Å². The van der Waals surface area contributed by atoms with Gasteiger partial charge in [0, 0.05) is 28.6 Å². The number of amides is 1. The van der Waals surface area contributed by atoms with Gasteiger partial charge < -0.3 is 20.1 Å². The summed E-state index contributed by atoms with van der Waals surface area (Å²) in [7, 11) is 1.48. The summed E-state index contributed by atoms with van der Waals surface area (Å²) in [4.78, 5) is 32.8. The summed E-state index contributed by atoms with van der Waals surface area (Å²) in [5.41, 5.74) is 4.81. The van der Waals surface area contributed by atoms with Crippen LogP contribution in [-0.4, -0.2) is 44.3 Å². The zero-order valence-corrected chi connectivity index (χ0v) is 21.9. The molecule has 10 heteroatoms. The van der Waals surface area contributed by atoms with Gasteiger partial charge >= 0.3 is 5.97 Å². The van der Waals surface area contributed by atoms with E-state index in [1.54, 1.807) is 36.4 Å². The maximum atomic E-state index is 13.1. The fraction of sp³-hybridized carbons (Fsp3) is 0.167. The molecule has 0 saturated carbocycles. The molecule has 10 nitrogen and oxygen atoms in total. The van der Waals surface area contributed by atoms with Gasteiger partial charge in [-0.2, -0.15) is 10.4 Å². The number of benzene rings is 3. The minimum Gasteiger partial charge on any atom is -0.497 e. The number of hydrogen-bond donors (Lipinski definition) is 4. The van der Waals surface area contributed by atoms with Crippen LogP contribution in [0.1, 0.15) is 62.5 Å². The summed E-state index contributed by atoms with van der Waals surface area (Å²) in [5.74, 6) is -0.645. The van der Waals surface area contributed by atoms with Crippen molar-refractivity contribution in [3.63, 3.8) is 0 Å². The van der Waals surface area contributed by atoms with Crippen LogP contribution in [0.2, 0.25) is 0 Å². The zero-order chi connectivity index (χ0) is 28.2. The third-order valence-corrected chi connectivity index (χ3v) is 6.95. The number of H-pyrrole nitrogens is 2. The molecule has 200 valence electrons. The highest BCUT2D eigenvalue weighted by molar-refractivity contribution is 6.00. The Morgan fingerprint density at radius 2 is 1.95 bits per heavy atom. The van der Waals surface area contributed by atoms with E-state index in [-0.39, 0.29) is 23.9 Å². The largest absolute Gasteiger partial charge is 0.497 e. The molecule has 1 amide bonds. The predicted octanol–water partition coefficient (Wildman–Crippen LogP) is 5.00. The van der Waals surface area contributed by atoms with E-state index < -0.39 is 5.97 Å². The second-order valence-corrected chi connectivity index (χ2v) is 9.21. The Bertz CT molecular complexity index is 1750. The van der Waals surface area contributed by atoms with E-state index in [2.05, 4.69) is 38.5 Å². The Balaban J connectivity index is 1.65. The average molecular weight is 535 g/mol. The van der Waals surface area contributed by atoms with Crippen LogP contribution in [0.5, 0.6) is 5.75 Å². The topological polar surface area (TPSA) is 157 Å². The van der Waals surface area contributed by atoms with Crippen molar-refractivity contribution in [3.05, 3.63) is 101 Å². The van der Waals surface area contributed by atoms with E-state index in [1.807, 2.05) is 18.3 Å². The van der Waals surface area contributed by atoms with Crippen LogP contribution >= 0.6 is 0 Å². The van der Waals surface area contributed by atoms with Crippen molar-refractivity contribution in [2.75, 3.05) is 7.11 Å². The molecular formula is C30H26N6O4. The number of ether oxygens (including phenoxy) is 1. The van der Waals surface area contributed by atoms with Crippen LogP contribution in [0.25, 0.3) is 22.0 Å². The van der Waals surface area contributed by atoms with Crippen molar-refractivity contribution in [2.24, 2.45) is 0 Å². The van der Waals surface area contributed by atoms with Gasteiger partial charge in [-0.3, -0.25) is 9.89 Å². The van der Waals surface area contributed by atoms with Gasteiger partial charge in [0.1, 0.15) is 17.9 Å². The number of fused-ring (bicyclic) bond motifs is 1. The monoisotopic (exact) mass is 534 g/mol. The molecule has 0 fully saturated rings. The number of nitriles is 1. The van der Waals surface area contributed by atoms with Gasteiger partial charge in [-0.25, -0.2) is 9.78 Å². The molecule has 5 aromatic rings. The molecule has 2 heterocycles. The molecule has 1 unspecified atom stereocenters. The maximum absolute atomic E-state index is 13.1. The molecule has 0 aliphatic rings. The van der Waals surface area contributed by atoms with E-state index in [0.717, 1.165) is 22.0 Å². The molecule has 0 spiro atoms. The van der Waals surface area contributed by atoms with Crippen molar-refractivity contribution in [1.29, 1.82) is 5.26 Å². The lowest BCUT2D eigenvalue weighted by Gasteiger charge is -2.21. The minimum absolute atomic E-state index is 0.0623. The predicted molar refractivity (Wildman–Crippen MR) is 148 cm³/mol. The summed E-state index contributed by atoms with van der Waals surface area (Å²) in [5, 5.41) is 29.7. The van der Waals surface area contributed by atoms with Gasteiger partial charge in [-0.1, -0.05) is 19.1 Å². The van der Waals surface area contributed by atoms with E-state index in [1.165, 1.54) is 19.5 Å². The van der Waals surface area contributed by atoms with Crippen LogP contribution in [-0.2, 0) is 6.54 Å². The first-order valence-corrected chi connectivity index (χ1v) is 12.6. The summed E-state index contributed by atoms with van der Waals surface area (Å²) >= 11 is 0. The lowest BCUT2D eigenvalue weighted by Crippen LogP contribution is -2.23. The standard InChI is InChI=1S/C30H26N6O4/c1-3-20(26-14-32-27-10-17(13-31)4-7-23(26)27)21-8-5-18(29(37)33-15-28-34-16-35-36-28)11-24(21)22-9-6-19(40-2)12-25(22)30(38)39/h4-12,14,16,20,32H,3,15H2,1-2H3,(H,33,37)(H,38,39)(H,34,35,36). The number of aromatic carboxylic acids is 1. The number of nitrogens with one attached hydrogen (secondary N) is 3. The lowest BCUT2D eigenvalue weighted by molar-refractivity contribution is 0.0697. The van der Waals surface area contributed by atoms with E-state index >= 15 is 0 Å². The van der Waals surface area contributed by atoms with E-state index in [0.29, 0.717) is 40.2 Å². The molecule has 40 heavy (non-hydrogen) atoms. The number of rotatable bonds is 9. The van der Waals surface area contributed by atoms with Gasteiger partial charge in [0.15, 0.2) is 0 Å². The fourth-order valence-electron chi connectivity index (χ4n) is 4.99. The molecule has 0 bridgehead atoms. The lowest BCUT2D eigenvalue weighted by atomic mass is 9.82. The van der Waals surface area contributed by atoms with Crippen molar-refractivity contribution >= 4 is 22.8 Å². The summed E-state index contributed by atoms with van der Waals surface area (Å²) in [6, 6.07) is 17.9. The highest BCUT2D eigenvalue weighted by Crippen LogP contribution is 2.40. The molecular weight excluding hydrogens is 508 g/mol. The van der Waals surface area contributed by atoms with Gasteiger partial charge in [0.25, 0.3) is 5.91 Å². The Hall–Kier alpha value is -5.43. The average Bonchev–Trinajstić information content (AvgIpc) is 3.66. The zero-order valence-electron chi connectivity index (χ0n) is 21.9. The first-order chi connectivity index (χ1) is 19.4. The molecule has 0 radical (unpaired) electrons. The molecule has 5 rings (SSSR count). The van der Waals surface area contributed by atoms with Crippen LogP contribution in [0.4, 0.5) is 0 Å². The smallest absolute Gasteiger partial charge is 0.336 e. The third-order valence-electron chi connectivity index (χ3n) is 6.95. The number of aromatic amines is 2. The number of carboxylic acid groups (broad SMARTS) is 1. The molecule has 0 saturated heterocycles. The minimum atomic E-state index is -1.11. The highest BCUT2D eigenvalue weighted by Gasteiger charge is 2.24. The Labute approximate surface area is 229 Å². The van der Waals surface area contributed by atoms with Gasteiger partial charge in [0.2, 0.25) is 0 Å². The highest BCUT2D eigenvalue weighted by atomic mass is 16.5. The number of methoxy groups -OCH3 is 1. The number of carbonyl (C=O) groups is 2. The molecule has 1 atom stereocenters. The SMILES string of the molecule is CCC(c1ccc(C(=O)NCc2ncn[nH]2)cc1-c1ccc(OC)cc1C(=O)O)c1c[nH]c2cc(C#N)ccc12. The first-order valence-electron chi connectivity index (χ1n) is 12.6. The summed E-state index contributed by atoms with van der Waals surface area (Å²) in [6.45, 7) is 2.22.